The van der Waals surface area contributed by atoms with Crippen molar-refractivity contribution in [2.45, 2.75) is 25.8 Å². The molecule has 1 aromatic heterocycles. The van der Waals surface area contributed by atoms with Crippen molar-refractivity contribution in [3.8, 4) is 0 Å². The Morgan fingerprint density at radius 3 is 2.89 bits per heavy atom. The normalized spacial score (nSPS) is 16.7. The van der Waals surface area contributed by atoms with Crippen LogP contribution in [0.1, 0.15) is 19.8 Å². The third kappa shape index (κ3) is 2.66. The third-order valence-electron chi connectivity index (χ3n) is 2.90. The molecule has 1 amide bonds. The van der Waals surface area contributed by atoms with E-state index in [0.29, 0.717) is 0 Å². The number of halogens is 1. The molecule has 7 heteroatoms. The van der Waals surface area contributed by atoms with Crippen LogP contribution >= 0.6 is 0 Å². The minimum absolute atomic E-state index is 0.0280. The quantitative estimate of drug-likeness (QED) is 0.825. The summed E-state index contributed by atoms with van der Waals surface area (Å²) >= 11 is 0. The molecule has 0 bridgehead atoms. The molecule has 0 saturated carbocycles. The molecule has 1 atom stereocenters. The van der Waals surface area contributed by atoms with E-state index < -0.39 is 11.9 Å². The largest absolute Gasteiger partial charge is 0.368 e. The van der Waals surface area contributed by atoms with E-state index in [0.717, 1.165) is 32.1 Å². The number of nitrogens with zero attached hydrogens (tertiary/aromatic N) is 3. The lowest BCUT2D eigenvalue weighted by Crippen LogP contribution is -2.40. The fourth-order valence-corrected chi connectivity index (χ4v) is 1.96. The Morgan fingerprint density at radius 1 is 1.56 bits per heavy atom. The fraction of sp³-hybridized carbons (Fsp3) is 0.545. The zero-order chi connectivity index (χ0) is 13.1. The molecule has 1 fully saturated rings. The summed E-state index contributed by atoms with van der Waals surface area (Å²) in [4.78, 5) is 21.0. The minimum Gasteiger partial charge on any atom is -0.368 e. The number of hydrogen-bond acceptors (Lipinski definition) is 5. The van der Waals surface area contributed by atoms with Gasteiger partial charge in [0.1, 0.15) is 6.04 Å². The molecule has 1 unspecified atom stereocenters. The molecular formula is C11H16FN5O. The van der Waals surface area contributed by atoms with Crippen LogP contribution < -0.4 is 11.1 Å². The lowest BCUT2D eigenvalue weighted by Gasteiger charge is -2.21. The van der Waals surface area contributed by atoms with Gasteiger partial charge in [0.25, 0.3) is 0 Å². The monoisotopic (exact) mass is 253 g/mol. The molecule has 0 aromatic carbocycles. The van der Waals surface area contributed by atoms with Crippen molar-refractivity contribution in [3.63, 3.8) is 0 Å². The molecule has 2 rings (SSSR count). The van der Waals surface area contributed by atoms with E-state index in [-0.39, 0.29) is 17.7 Å². The van der Waals surface area contributed by atoms with Crippen molar-refractivity contribution < 1.29 is 9.18 Å². The topological polar surface area (TPSA) is 84.1 Å². The van der Waals surface area contributed by atoms with Crippen LogP contribution in [-0.4, -0.2) is 39.9 Å². The van der Waals surface area contributed by atoms with E-state index in [9.17, 15) is 9.18 Å². The molecule has 0 spiro atoms. The van der Waals surface area contributed by atoms with Gasteiger partial charge in [-0.3, -0.25) is 4.79 Å². The summed E-state index contributed by atoms with van der Waals surface area (Å²) in [5, 5.41) is 2.73. The highest BCUT2D eigenvalue weighted by atomic mass is 19.1. The van der Waals surface area contributed by atoms with Crippen molar-refractivity contribution in [3.05, 3.63) is 12.0 Å². The zero-order valence-electron chi connectivity index (χ0n) is 10.2. The molecule has 1 saturated heterocycles. The van der Waals surface area contributed by atoms with Gasteiger partial charge in [0.2, 0.25) is 11.9 Å². The van der Waals surface area contributed by atoms with E-state index in [1.165, 1.54) is 0 Å². The number of likely N-dealkylation sites (tertiary alicyclic amines) is 1. The van der Waals surface area contributed by atoms with E-state index in [2.05, 4.69) is 15.3 Å². The van der Waals surface area contributed by atoms with Crippen molar-refractivity contribution in [1.29, 1.82) is 0 Å². The number of hydrogen-bond donors (Lipinski definition) is 2. The molecule has 6 nitrogen and oxygen atoms in total. The van der Waals surface area contributed by atoms with Crippen LogP contribution in [0, 0.1) is 5.82 Å². The summed E-state index contributed by atoms with van der Waals surface area (Å²) in [6.45, 7) is 3.21. The average Bonchev–Trinajstić information content (AvgIpc) is 2.86. The summed E-state index contributed by atoms with van der Waals surface area (Å²) in [6, 6.07) is -0.535. The van der Waals surface area contributed by atoms with E-state index in [1.807, 2.05) is 0 Å². The highest BCUT2D eigenvalue weighted by molar-refractivity contribution is 5.84. The van der Waals surface area contributed by atoms with Gasteiger partial charge in [-0.1, -0.05) is 0 Å². The minimum atomic E-state index is -0.620. The fourth-order valence-electron chi connectivity index (χ4n) is 1.96. The predicted octanol–water partition coefficient (Wildman–Crippen LogP) is 0.621. The molecule has 0 radical (unpaired) electrons. The first kappa shape index (κ1) is 12.5. The Morgan fingerprint density at radius 2 is 2.22 bits per heavy atom. The van der Waals surface area contributed by atoms with Gasteiger partial charge in [-0.2, -0.15) is 4.98 Å². The Labute approximate surface area is 104 Å². The van der Waals surface area contributed by atoms with Gasteiger partial charge in [-0.25, -0.2) is 9.37 Å². The van der Waals surface area contributed by atoms with Crippen molar-refractivity contribution >= 4 is 17.7 Å². The van der Waals surface area contributed by atoms with Crippen LogP contribution in [0.4, 0.5) is 16.2 Å². The summed E-state index contributed by atoms with van der Waals surface area (Å²) in [5.74, 6) is -0.739. The van der Waals surface area contributed by atoms with Crippen molar-refractivity contribution in [1.82, 2.24) is 14.9 Å². The van der Waals surface area contributed by atoms with Crippen molar-refractivity contribution in [2.75, 3.05) is 24.1 Å². The summed E-state index contributed by atoms with van der Waals surface area (Å²) in [5.41, 5.74) is 5.38. The first-order chi connectivity index (χ1) is 8.58. The summed E-state index contributed by atoms with van der Waals surface area (Å²) < 4.78 is 13.4. The van der Waals surface area contributed by atoms with Gasteiger partial charge < -0.3 is 16.0 Å². The second kappa shape index (κ2) is 5.16. The first-order valence-corrected chi connectivity index (χ1v) is 5.91. The number of nitrogen functional groups attached to an aromatic ring is 1. The molecule has 3 N–H and O–H groups in total. The lowest BCUT2D eigenvalue weighted by molar-refractivity contribution is -0.130. The Kier molecular flexibility index (Phi) is 3.59. The number of carbonyl (C=O) groups is 1. The van der Waals surface area contributed by atoms with E-state index in [4.69, 9.17) is 5.73 Å². The van der Waals surface area contributed by atoms with Gasteiger partial charge in [-0.15, -0.1) is 0 Å². The number of anilines is 2. The van der Waals surface area contributed by atoms with E-state index in [1.54, 1.807) is 11.8 Å². The van der Waals surface area contributed by atoms with Gasteiger partial charge in [0.05, 0.1) is 6.20 Å². The Balaban J connectivity index is 2.03. The SMILES string of the molecule is CC(Nc1nc(N)ncc1F)C(=O)N1CCCC1. The summed E-state index contributed by atoms with van der Waals surface area (Å²) in [7, 11) is 0. The van der Waals surface area contributed by atoms with Crippen molar-refractivity contribution in [2.24, 2.45) is 0 Å². The number of nitrogens with one attached hydrogen (secondary N) is 1. The number of aromatic nitrogens is 2. The van der Waals surface area contributed by atoms with E-state index >= 15 is 0 Å². The number of amides is 1. The van der Waals surface area contributed by atoms with Gasteiger partial charge in [-0.05, 0) is 19.8 Å². The highest BCUT2D eigenvalue weighted by Gasteiger charge is 2.24. The Hall–Kier alpha value is -1.92. The lowest BCUT2D eigenvalue weighted by atomic mass is 10.3. The average molecular weight is 253 g/mol. The number of carbonyl (C=O) groups excluding carboxylic acids is 1. The molecule has 1 aliphatic heterocycles. The maximum atomic E-state index is 13.4. The van der Waals surface area contributed by atoms with Gasteiger partial charge in [0, 0.05) is 13.1 Å². The standard InChI is InChI=1S/C11H16FN5O/c1-7(10(18)17-4-2-3-5-17)15-9-8(12)6-14-11(13)16-9/h6-7H,2-5H2,1H3,(H3,13,14,15,16). The predicted molar refractivity (Wildman–Crippen MR) is 65.3 cm³/mol. The molecule has 18 heavy (non-hydrogen) atoms. The van der Waals surface area contributed by atoms with Crippen LogP contribution in [0.5, 0.6) is 0 Å². The van der Waals surface area contributed by atoms with Crippen LogP contribution in [-0.2, 0) is 4.79 Å². The van der Waals surface area contributed by atoms with Crippen LogP contribution in [0.3, 0.4) is 0 Å². The summed E-state index contributed by atoms with van der Waals surface area (Å²) in [6.07, 6.45) is 3.03. The van der Waals surface area contributed by atoms with Crippen LogP contribution in [0.15, 0.2) is 6.20 Å². The Bertz CT molecular complexity index is 447. The molecule has 1 aliphatic rings. The molecule has 1 aromatic rings. The maximum Gasteiger partial charge on any atom is 0.244 e. The molecular weight excluding hydrogens is 237 g/mol. The second-order valence-electron chi connectivity index (χ2n) is 4.32. The van der Waals surface area contributed by atoms with Crippen LogP contribution in [0.2, 0.25) is 0 Å². The highest BCUT2D eigenvalue weighted by Crippen LogP contribution is 2.14. The first-order valence-electron chi connectivity index (χ1n) is 5.91. The third-order valence-corrected chi connectivity index (χ3v) is 2.90. The molecule has 2 heterocycles. The number of rotatable bonds is 3. The zero-order valence-corrected chi connectivity index (χ0v) is 10.2. The molecule has 0 aliphatic carbocycles. The number of nitrogens with two attached hydrogens (primary N) is 1. The van der Waals surface area contributed by atoms with Gasteiger partial charge in [0.15, 0.2) is 11.6 Å². The second-order valence-corrected chi connectivity index (χ2v) is 4.32. The molecule has 98 valence electrons. The maximum absolute atomic E-state index is 13.4. The van der Waals surface area contributed by atoms with Gasteiger partial charge >= 0.3 is 0 Å². The smallest absolute Gasteiger partial charge is 0.244 e. The van der Waals surface area contributed by atoms with Crippen LogP contribution in [0.25, 0.3) is 0 Å².